The molecule has 7 nitrogen and oxygen atoms in total. The molecule has 2 unspecified atom stereocenters. The molecular formula is C9H15N3O4S. The second-order valence-corrected chi connectivity index (χ2v) is 6.30. The number of hydrogen-bond donors (Lipinski definition) is 2. The fourth-order valence-electron chi connectivity index (χ4n) is 1.91. The highest BCUT2D eigenvalue weighted by Crippen LogP contribution is 2.07. The zero-order valence-corrected chi connectivity index (χ0v) is 10.3. The second kappa shape index (κ2) is 4.61. The summed E-state index contributed by atoms with van der Waals surface area (Å²) in [5.74, 6) is 0.315. The van der Waals surface area contributed by atoms with Gasteiger partial charge < -0.3 is 15.4 Å². The minimum absolute atomic E-state index is 0.0206. The van der Waals surface area contributed by atoms with Crippen LogP contribution in [0.5, 0.6) is 0 Å². The van der Waals surface area contributed by atoms with Gasteiger partial charge in [-0.2, -0.15) is 0 Å². The van der Waals surface area contributed by atoms with Crippen LogP contribution in [0.2, 0.25) is 0 Å². The molecular weight excluding hydrogens is 246 g/mol. The van der Waals surface area contributed by atoms with Crippen molar-refractivity contribution in [1.82, 2.24) is 10.6 Å². The predicted octanol–water partition coefficient (Wildman–Crippen LogP) is -2.08. The summed E-state index contributed by atoms with van der Waals surface area (Å²) in [7, 11) is -1.70. The van der Waals surface area contributed by atoms with Gasteiger partial charge in [0.2, 0.25) is 0 Å². The Morgan fingerprint density at radius 2 is 2.29 bits per heavy atom. The summed E-state index contributed by atoms with van der Waals surface area (Å²) in [4.78, 5) is 15.4. The summed E-state index contributed by atoms with van der Waals surface area (Å²) in [5.41, 5.74) is 0. The van der Waals surface area contributed by atoms with E-state index in [2.05, 4.69) is 20.4 Å². The van der Waals surface area contributed by atoms with Crippen LogP contribution in [0.15, 0.2) is 4.99 Å². The van der Waals surface area contributed by atoms with E-state index in [1.807, 2.05) is 0 Å². The van der Waals surface area contributed by atoms with E-state index in [0.717, 1.165) is 0 Å². The van der Waals surface area contributed by atoms with Crippen LogP contribution in [0.1, 0.15) is 0 Å². The van der Waals surface area contributed by atoms with E-state index in [9.17, 15) is 13.2 Å². The van der Waals surface area contributed by atoms with Crippen LogP contribution in [0.4, 0.5) is 0 Å². The fourth-order valence-corrected chi connectivity index (χ4v) is 3.29. The van der Waals surface area contributed by atoms with Gasteiger partial charge in [0.25, 0.3) is 0 Å². The Bertz CT molecular complexity index is 445. The SMILES string of the molecule is COC(=O)C1CN=C(C2CS(=O)(=O)CCN2)N1. The van der Waals surface area contributed by atoms with Crippen molar-refractivity contribution < 1.29 is 17.9 Å². The summed E-state index contributed by atoms with van der Waals surface area (Å²) in [6, 6.07) is -0.843. The zero-order chi connectivity index (χ0) is 12.5. The summed E-state index contributed by atoms with van der Waals surface area (Å²) >= 11 is 0. The van der Waals surface area contributed by atoms with Gasteiger partial charge in [-0.25, -0.2) is 13.2 Å². The predicted molar refractivity (Wildman–Crippen MR) is 61.7 cm³/mol. The average molecular weight is 261 g/mol. The molecule has 2 atom stereocenters. The zero-order valence-electron chi connectivity index (χ0n) is 9.47. The number of nitrogens with one attached hydrogen (secondary N) is 2. The lowest BCUT2D eigenvalue weighted by molar-refractivity contribution is -0.142. The van der Waals surface area contributed by atoms with Crippen molar-refractivity contribution in [3.63, 3.8) is 0 Å². The van der Waals surface area contributed by atoms with Crippen molar-refractivity contribution in [2.45, 2.75) is 12.1 Å². The first-order chi connectivity index (χ1) is 8.02. The number of sulfone groups is 1. The minimum atomic E-state index is -3.01. The Hall–Kier alpha value is -1.15. The van der Waals surface area contributed by atoms with Gasteiger partial charge in [0.15, 0.2) is 9.84 Å². The molecule has 1 saturated heterocycles. The minimum Gasteiger partial charge on any atom is -0.467 e. The van der Waals surface area contributed by atoms with E-state index in [-0.39, 0.29) is 23.5 Å². The van der Waals surface area contributed by atoms with Crippen LogP contribution in [0, 0.1) is 0 Å². The molecule has 0 saturated carbocycles. The van der Waals surface area contributed by atoms with Gasteiger partial charge in [0, 0.05) is 6.54 Å². The van der Waals surface area contributed by atoms with Gasteiger partial charge in [-0.3, -0.25) is 4.99 Å². The van der Waals surface area contributed by atoms with Crippen molar-refractivity contribution in [3.8, 4) is 0 Å². The Morgan fingerprint density at radius 3 is 2.94 bits per heavy atom. The molecule has 96 valence electrons. The van der Waals surface area contributed by atoms with Gasteiger partial charge in [0.05, 0.1) is 31.2 Å². The molecule has 1 fully saturated rings. The van der Waals surface area contributed by atoms with Crippen LogP contribution < -0.4 is 10.6 Å². The van der Waals surface area contributed by atoms with Gasteiger partial charge in [-0.1, -0.05) is 0 Å². The van der Waals surface area contributed by atoms with E-state index >= 15 is 0 Å². The monoisotopic (exact) mass is 261 g/mol. The third-order valence-electron chi connectivity index (χ3n) is 2.81. The number of carbonyl (C=O) groups is 1. The quantitative estimate of drug-likeness (QED) is 0.554. The standard InChI is InChI=1S/C9H15N3O4S/c1-16-9(13)6-4-11-8(12-6)7-5-17(14,15)3-2-10-7/h6-7,10H,2-5H2,1H3,(H,11,12). The first-order valence-electron chi connectivity index (χ1n) is 5.34. The molecule has 2 rings (SSSR count). The Labute approximate surface area is 99.5 Å². The van der Waals surface area contributed by atoms with Gasteiger partial charge in [-0.15, -0.1) is 0 Å². The number of methoxy groups -OCH3 is 1. The summed E-state index contributed by atoms with van der Waals surface area (Å²) in [5, 5.41) is 5.97. The van der Waals surface area contributed by atoms with E-state index in [0.29, 0.717) is 18.9 Å². The van der Waals surface area contributed by atoms with Crippen molar-refractivity contribution in [1.29, 1.82) is 0 Å². The summed E-state index contributed by atoms with van der Waals surface area (Å²) in [6.07, 6.45) is 0. The number of carbonyl (C=O) groups excluding carboxylic acids is 1. The maximum absolute atomic E-state index is 11.5. The third kappa shape index (κ3) is 2.75. The maximum Gasteiger partial charge on any atom is 0.330 e. The van der Waals surface area contributed by atoms with E-state index < -0.39 is 15.9 Å². The highest BCUT2D eigenvalue weighted by molar-refractivity contribution is 7.91. The average Bonchev–Trinajstić information content (AvgIpc) is 2.76. The maximum atomic E-state index is 11.5. The first-order valence-corrected chi connectivity index (χ1v) is 7.16. The Balaban J connectivity index is 1.99. The Kier molecular flexibility index (Phi) is 3.34. The van der Waals surface area contributed by atoms with Crippen molar-refractivity contribution in [3.05, 3.63) is 0 Å². The molecule has 2 N–H and O–H groups in total. The van der Waals surface area contributed by atoms with Crippen molar-refractivity contribution in [2.75, 3.05) is 31.7 Å². The molecule has 2 aliphatic heterocycles. The number of esters is 1. The summed E-state index contributed by atoms with van der Waals surface area (Å²) in [6.45, 7) is 0.705. The largest absolute Gasteiger partial charge is 0.467 e. The van der Waals surface area contributed by atoms with Crippen molar-refractivity contribution >= 4 is 21.6 Å². The number of amidine groups is 1. The van der Waals surface area contributed by atoms with Crippen molar-refractivity contribution in [2.24, 2.45) is 4.99 Å². The number of aliphatic imine (C=N–C) groups is 1. The smallest absolute Gasteiger partial charge is 0.330 e. The second-order valence-electron chi connectivity index (χ2n) is 4.07. The van der Waals surface area contributed by atoms with Crippen LogP contribution in [0.25, 0.3) is 0 Å². The lowest BCUT2D eigenvalue weighted by Gasteiger charge is -2.24. The Morgan fingerprint density at radius 1 is 1.53 bits per heavy atom. The van der Waals surface area contributed by atoms with E-state index in [4.69, 9.17) is 0 Å². The molecule has 0 aliphatic carbocycles. The molecule has 2 heterocycles. The number of nitrogens with zero attached hydrogens (tertiary/aromatic N) is 1. The molecule has 0 aromatic carbocycles. The van der Waals surface area contributed by atoms with Crippen LogP contribution in [0.3, 0.4) is 0 Å². The first kappa shape index (κ1) is 12.3. The molecule has 0 bridgehead atoms. The molecule has 2 aliphatic rings. The number of rotatable bonds is 2. The summed E-state index contributed by atoms with van der Waals surface area (Å²) < 4.78 is 27.5. The van der Waals surface area contributed by atoms with Gasteiger partial charge in [-0.05, 0) is 0 Å². The number of ether oxygens (including phenoxy) is 1. The van der Waals surface area contributed by atoms with Crippen LogP contribution in [-0.4, -0.2) is 64.0 Å². The highest BCUT2D eigenvalue weighted by atomic mass is 32.2. The number of hydrogen-bond acceptors (Lipinski definition) is 7. The molecule has 0 spiro atoms. The van der Waals surface area contributed by atoms with E-state index in [1.165, 1.54) is 7.11 Å². The molecule has 0 aromatic rings. The normalized spacial score (nSPS) is 31.5. The lowest BCUT2D eigenvalue weighted by Crippen LogP contribution is -2.54. The van der Waals surface area contributed by atoms with Gasteiger partial charge >= 0.3 is 5.97 Å². The fraction of sp³-hybridized carbons (Fsp3) is 0.778. The van der Waals surface area contributed by atoms with Crippen LogP contribution >= 0.6 is 0 Å². The van der Waals surface area contributed by atoms with E-state index in [1.54, 1.807) is 0 Å². The molecule has 8 heteroatoms. The molecule has 17 heavy (non-hydrogen) atoms. The third-order valence-corrected chi connectivity index (χ3v) is 4.47. The molecule has 0 radical (unpaired) electrons. The highest BCUT2D eigenvalue weighted by Gasteiger charge is 2.33. The molecule has 0 amide bonds. The van der Waals surface area contributed by atoms with Crippen LogP contribution in [-0.2, 0) is 19.4 Å². The lowest BCUT2D eigenvalue weighted by atomic mass is 10.2. The van der Waals surface area contributed by atoms with Gasteiger partial charge in [0.1, 0.15) is 11.9 Å². The topological polar surface area (TPSA) is 96.9 Å². The molecule has 0 aromatic heterocycles.